The molecule has 0 unspecified atom stereocenters. The fourth-order valence-electron chi connectivity index (χ4n) is 2.62. The Morgan fingerprint density at radius 1 is 0.773 bits per heavy atom. The number of fused-ring (bicyclic) bond motifs is 3. The van der Waals surface area contributed by atoms with Crippen molar-refractivity contribution in [3.8, 4) is 0 Å². The SMILES string of the molecule is c1ccc(CNc2nc3cnccc3c3cnccc23)cc1. The van der Waals surface area contributed by atoms with E-state index in [2.05, 4.69) is 27.4 Å². The summed E-state index contributed by atoms with van der Waals surface area (Å²) in [7, 11) is 0. The number of anilines is 1. The van der Waals surface area contributed by atoms with Gasteiger partial charge in [0.15, 0.2) is 0 Å². The molecule has 0 radical (unpaired) electrons. The van der Waals surface area contributed by atoms with Gasteiger partial charge < -0.3 is 5.32 Å². The smallest absolute Gasteiger partial charge is 0.135 e. The van der Waals surface area contributed by atoms with E-state index in [0.29, 0.717) is 0 Å². The lowest BCUT2D eigenvalue weighted by Gasteiger charge is -2.11. The maximum atomic E-state index is 4.72. The molecule has 0 aliphatic heterocycles. The van der Waals surface area contributed by atoms with Crippen LogP contribution in [-0.4, -0.2) is 15.0 Å². The van der Waals surface area contributed by atoms with Gasteiger partial charge in [-0.3, -0.25) is 9.97 Å². The van der Waals surface area contributed by atoms with Crippen LogP contribution < -0.4 is 5.32 Å². The van der Waals surface area contributed by atoms with E-state index in [0.717, 1.165) is 34.0 Å². The van der Waals surface area contributed by atoms with E-state index in [1.165, 1.54) is 5.56 Å². The van der Waals surface area contributed by atoms with Gasteiger partial charge in [0, 0.05) is 41.3 Å². The van der Waals surface area contributed by atoms with Gasteiger partial charge in [-0.15, -0.1) is 0 Å². The number of hydrogen-bond acceptors (Lipinski definition) is 4. The van der Waals surface area contributed by atoms with Gasteiger partial charge >= 0.3 is 0 Å². The molecule has 0 spiro atoms. The summed E-state index contributed by atoms with van der Waals surface area (Å²) < 4.78 is 0. The minimum absolute atomic E-state index is 0.733. The van der Waals surface area contributed by atoms with Crippen molar-refractivity contribution in [1.82, 2.24) is 15.0 Å². The van der Waals surface area contributed by atoms with E-state index in [1.807, 2.05) is 36.5 Å². The number of nitrogens with one attached hydrogen (secondary N) is 1. The molecule has 1 aromatic carbocycles. The van der Waals surface area contributed by atoms with Gasteiger partial charge in [-0.05, 0) is 17.7 Å². The molecule has 4 rings (SSSR count). The number of benzene rings is 1. The van der Waals surface area contributed by atoms with Gasteiger partial charge in [0.05, 0.1) is 11.7 Å². The highest BCUT2D eigenvalue weighted by Gasteiger charge is 2.08. The monoisotopic (exact) mass is 286 g/mol. The van der Waals surface area contributed by atoms with E-state index < -0.39 is 0 Å². The number of rotatable bonds is 3. The Balaban J connectivity index is 1.81. The Kier molecular flexibility index (Phi) is 3.12. The van der Waals surface area contributed by atoms with Crippen molar-refractivity contribution >= 4 is 27.5 Å². The van der Waals surface area contributed by atoms with Gasteiger partial charge in [-0.25, -0.2) is 4.98 Å². The van der Waals surface area contributed by atoms with Crippen molar-refractivity contribution in [1.29, 1.82) is 0 Å². The normalized spacial score (nSPS) is 10.9. The van der Waals surface area contributed by atoms with Crippen LogP contribution in [0.25, 0.3) is 21.7 Å². The summed E-state index contributed by atoms with van der Waals surface area (Å²) in [6.07, 6.45) is 7.25. The zero-order valence-electron chi connectivity index (χ0n) is 11.9. The molecular weight excluding hydrogens is 272 g/mol. The van der Waals surface area contributed by atoms with Crippen LogP contribution in [0.15, 0.2) is 67.3 Å². The molecule has 22 heavy (non-hydrogen) atoms. The summed E-state index contributed by atoms with van der Waals surface area (Å²) in [6.45, 7) is 0.733. The first kappa shape index (κ1) is 12.7. The highest BCUT2D eigenvalue weighted by atomic mass is 15.0. The summed E-state index contributed by atoms with van der Waals surface area (Å²) in [5, 5.41) is 6.66. The summed E-state index contributed by atoms with van der Waals surface area (Å²) in [4.78, 5) is 13.1. The predicted molar refractivity (Wildman–Crippen MR) is 88.6 cm³/mol. The van der Waals surface area contributed by atoms with Crippen LogP contribution >= 0.6 is 0 Å². The molecule has 0 fully saturated rings. The van der Waals surface area contributed by atoms with Gasteiger partial charge in [0.2, 0.25) is 0 Å². The van der Waals surface area contributed by atoms with Crippen molar-refractivity contribution in [2.45, 2.75) is 6.54 Å². The topological polar surface area (TPSA) is 50.7 Å². The standard InChI is InChI=1S/C18H14N4/c1-2-4-13(5-3-1)10-21-18-15-7-9-19-11-16(15)14-6-8-20-12-17(14)22-18/h1-9,11-12H,10H2,(H,21,22). The molecule has 0 aliphatic rings. The van der Waals surface area contributed by atoms with Crippen LogP contribution in [0.2, 0.25) is 0 Å². The van der Waals surface area contributed by atoms with Crippen molar-refractivity contribution < 1.29 is 0 Å². The average Bonchev–Trinajstić information content (AvgIpc) is 2.60. The summed E-state index contributed by atoms with van der Waals surface area (Å²) in [5.41, 5.74) is 2.09. The fourth-order valence-corrected chi connectivity index (χ4v) is 2.62. The molecule has 3 heterocycles. The Labute approximate surface area is 127 Å². The molecular formula is C18H14N4. The van der Waals surface area contributed by atoms with E-state index in [1.54, 1.807) is 18.6 Å². The molecule has 0 saturated carbocycles. The first-order valence-electron chi connectivity index (χ1n) is 7.17. The van der Waals surface area contributed by atoms with E-state index in [4.69, 9.17) is 4.98 Å². The number of nitrogens with zero attached hydrogens (tertiary/aromatic N) is 3. The number of hydrogen-bond donors (Lipinski definition) is 1. The Morgan fingerprint density at radius 2 is 1.55 bits per heavy atom. The second-order valence-corrected chi connectivity index (χ2v) is 5.11. The lowest BCUT2D eigenvalue weighted by molar-refractivity contribution is 1.13. The van der Waals surface area contributed by atoms with Crippen LogP contribution in [0.1, 0.15) is 5.56 Å². The van der Waals surface area contributed by atoms with E-state index in [9.17, 15) is 0 Å². The molecule has 1 N–H and O–H groups in total. The zero-order valence-corrected chi connectivity index (χ0v) is 11.9. The zero-order chi connectivity index (χ0) is 14.8. The second kappa shape index (κ2) is 5.41. The lowest BCUT2D eigenvalue weighted by atomic mass is 10.1. The van der Waals surface area contributed by atoms with E-state index in [-0.39, 0.29) is 0 Å². The van der Waals surface area contributed by atoms with Crippen LogP contribution in [0.5, 0.6) is 0 Å². The van der Waals surface area contributed by atoms with Crippen LogP contribution in [0, 0.1) is 0 Å². The predicted octanol–water partition coefficient (Wildman–Crippen LogP) is 3.79. The summed E-state index contributed by atoms with van der Waals surface area (Å²) in [6, 6.07) is 14.3. The number of aromatic nitrogens is 3. The molecule has 4 heteroatoms. The number of pyridine rings is 3. The third-order valence-electron chi connectivity index (χ3n) is 3.70. The minimum atomic E-state index is 0.733. The maximum absolute atomic E-state index is 4.72. The summed E-state index contributed by atoms with van der Waals surface area (Å²) in [5.74, 6) is 0.863. The molecule has 0 atom stereocenters. The summed E-state index contributed by atoms with van der Waals surface area (Å²) >= 11 is 0. The average molecular weight is 286 g/mol. The van der Waals surface area contributed by atoms with Crippen LogP contribution in [0.3, 0.4) is 0 Å². The first-order valence-corrected chi connectivity index (χ1v) is 7.17. The quantitative estimate of drug-likeness (QED) is 0.582. The van der Waals surface area contributed by atoms with Gasteiger partial charge in [0.25, 0.3) is 0 Å². The lowest BCUT2D eigenvalue weighted by Crippen LogP contribution is -2.02. The fraction of sp³-hybridized carbons (Fsp3) is 0.0556. The molecule has 106 valence electrons. The highest BCUT2D eigenvalue weighted by Crippen LogP contribution is 2.28. The second-order valence-electron chi connectivity index (χ2n) is 5.11. The molecule has 0 bridgehead atoms. The molecule has 0 amide bonds. The van der Waals surface area contributed by atoms with Gasteiger partial charge in [-0.1, -0.05) is 30.3 Å². The van der Waals surface area contributed by atoms with Crippen molar-refractivity contribution in [3.05, 3.63) is 72.8 Å². The molecule has 4 aromatic rings. The maximum Gasteiger partial charge on any atom is 0.135 e. The van der Waals surface area contributed by atoms with Crippen LogP contribution in [-0.2, 0) is 6.54 Å². The molecule has 0 aliphatic carbocycles. The van der Waals surface area contributed by atoms with E-state index >= 15 is 0 Å². The van der Waals surface area contributed by atoms with Crippen molar-refractivity contribution in [3.63, 3.8) is 0 Å². The van der Waals surface area contributed by atoms with Gasteiger partial charge in [-0.2, -0.15) is 0 Å². The molecule has 4 nitrogen and oxygen atoms in total. The molecule has 3 aromatic heterocycles. The van der Waals surface area contributed by atoms with Crippen LogP contribution in [0.4, 0.5) is 5.82 Å². The van der Waals surface area contributed by atoms with Crippen molar-refractivity contribution in [2.24, 2.45) is 0 Å². The van der Waals surface area contributed by atoms with Crippen molar-refractivity contribution in [2.75, 3.05) is 5.32 Å². The highest BCUT2D eigenvalue weighted by molar-refractivity contribution is 6.09. The van der Waals surface area contributed by atoms with Gasteiger partial charge in [0.1, 0.15) is 5.82 Å². The minimum Gasteiger partial charge on any atom is -0.365 e. The third-order valence-corrected chi connectivity index (χ3v) is 3.70. The Hall–Kier alpha value is -3.01. The Morgan fingerprint density at radius 3 is 2.41 bits per heavy atom. The molecule has 0 saturated heterocycles. The largest absolute Gasteiger partial charge is 0.365 e. The Bertz CT molecular complexity index is 935. The third kappa shape index (κ3) is 2.24. The first-order chi connectivity index (χ1) is 10.9.